The van der Waals surface area contributed by atoms with Gasteiger partial charge in [0.1, 0.15) is 0 Å². The molecule has 1 fully saturated rings. The first-order chi connectivity index (χ1) is 16.3. The molecule has 0 saturated heterocycles. The zero-order valence-corrected chi connectivity index (χ0v) is 21.3. The highest BCUT2D eigenvalue weighted by Crippen LogP contribution is 2.38. The van der Waals surface area contributed by atoms with Crippen molar-refractivity contribution in [3.05, 3.63) is 65.7 Å². The fourth-order valence-corrected chi connectivity index (χ4v) is 6.20. The van der Waals surface area contributed by atoms with Crippen LogP contribution in [-0.4, -0.2) is 0 Å². The van der Waals surface area contributed by atoms with Crippen molar-refractivity contribution in [2.24, 2.45) is 11.8 Å². The topological polar surface area (TPSA) is 0 Å². The van der Waals surface area contributed by atoms with E-state index in [1.165, 1.54) is 107 Å². The first-order valence-corrected chi connectivity index (χ1v) is 14.2. The molecule has 0 amide bonds. The molecule has 33 heavy (non-hydrogen) atoms. The molecule has 178 valence electrons. The zero-order valence-electron chi connectivity index (χ0n) is 21.3. The van der Waals surface area contributed by atoms with E-state index in [1.807, 2.05) is 0 Å². The van der Waals surface area contributed by atoms with Gasteiger partial charge in [0.05, 0.1) is 0 Å². The smallest absolute Gasteiger partial charge is 0.0162 e. The van der Waals surface area contributed by atoms with E-state index in [2.05, 4.69) is 68.5 Å². The highest BCUT2D eigenvalue weighted by Gasteiger charge is 2.22. The summed E-state index contributed by atoms with van der Waals surface area (Å²) in [6.07, 6.45) is 21.9. The second kappa shape index (κ2) is 12.6. The van der Waals surface area contributed by atoms with Crippen molar-refractivity contribution in [3.63, 3.8) is 0 Å². The van der Waals surface area contributed by atoms with Crippen LogP contribution >= 0.6 is 0 Å². The molecule has 1 saturated carbocycles. The Morgan fingerprint density at radius 3 is 1.82 bits per heavy atom. The lowest BCUT2D eigenvalue weighted by atomic mass is 9.77. The predicted molar refractivity (Wildman–Crippen MR) is 146 cm³/mol. The van der Waals surface area contributed by atoms with E-state index in [-0.39, 0.29) is 0 Å². The minimum absolute atomic E-state index is 0.781. The van der Waals surface area contributed by atoms with Gasteiger partial charge in [0.25, 0.3) is 0 Å². The van der Waals surface area contributed by atoms with E-state index in [1.54, 1.807) is 11.1 Å². The van der Waals surface area contributed by atoms with Crippen molar-refractivity contribution in [1.82, 2.24) is 0 Å². The number of unbranched alkanes of at least 4 members (excludes halogenated alkanes) is 3. The fourth-order valence-electron chi connectivity index (χ4n) is 6.20. The van der Waals surface area contributed by atoms with Gasteiger partial charge < -0.3 is 0 Å². The van der Waals surface area contributed by atoms with Gasteiger partial charge >= 0.3 is 0 Å². The van der Waals surface area contributed by atoms with Gasteiger partial charge in [-0.15, -0.1) is 0 Å². The normalized spacial score (nSPS) is 23.3. The maximum absolute atomic E-state index is 2.52. The Bertz CT molecular complexity index is 846. The minimum Gasteiger partial charge on any atom is -0.0804 e. The number of benzene rings is 2. The van der Waals surface area contributed by atoms with E-state index in [4.69, 9.17) is 0 Å². The maximum Gasteiger partial charge on any atom is -0.0162 e. The van der Waals surface area contributed by atoms with Crippen LogP contribution in [0.1, 0.15) is 121 Å². The second-order valence-corrected chi connectivity index (χ2v) is 10.9. The quantitative estimate of drug-likeness (QED) is 0.321. The first-order valence-electron chi connectivity index (χ1n) is 14.2. The predicted octanol–water partition coefficient (Wildman–Crippen LogP) is 10.6. The van der Waals surface area contributed by atoms with Crippen LogP contribution in [0.5, 0.6) is 0 Å². The first kappa shape index (κ1) is 24.3. The molecule has 0 spiro atoms. The van der Waals surface area contributed by atoms with Crippen LogP contribution < -0.4 is 0 Å². The van der Waals surface area contributed by atoms with Gasteiger partial charge in [0, 0.05) is 0 Å². The van der Waals surface area contributed by atoms with Crippen LogP contribution in [0.2, 0.25) is 0 Å². The summed E-state index contributed by atoms with van der Waals surface area (Å²) in [6, 6.07) is 18.9. The third-order valence-electron chi connectivity index (χ3n) is 8.52. The van der Waals surface area contributed by atoms with Crippen LogP contribution in [0.3, 0.4) is 0 Å². The number of hydrogen-bond acceptors (Lipinski definition) is 0. The lowest BCUT2D eigenvalue weighted by Crippen LogP contribution is -2.13. The summed E-state index contributed by atoms with van der Waals surface area (Å²) < 4.78 is 0. The number of allylic oxidation sites excluding steroid dienone is 2. The molecule has 0 heteroatoms. The van der Waals surface area contributed by atoms with Crippen LogP contribution in [0.4, 0.5) is 0 Å². The van der Waals surface area contributed by atoms with Crippen molar-refractivity contribution >= 4 is 5.57 Å². The Kier molecular flexibility index (Phi) is 9.27. The fraction of sp³-hybridized carbons (Fsp3) is 0.576. The highest BCUT2D eigenvalue weighted by atomic mass is 14.3. The van der Waals surface area contributed by atoms with Crippen molar-refractivity contribution in [2.45, 2.75) is 110 Å². The molecule has 0 nitrogen and oxygen atoms in total. The van der Waals surface area contributed by atoms with Gasteiger partial charge in [0.15, 0.2) is 0 Å². The van der Waals surface area contributed by atoms with Crippen LogP contribution in [0, 0.1) is 11.8 Å². The summed E-state index contributed by atoms with van der Waals surface area (Å²) in [7, 11) is 0. The summed E-state index contributed by atoms with van der Waals surface area (Å²) in [5.41, 5.74) is 7.26. The van der Waals surface area contributed by atoms with Gasteiger partial charge in [-0.05, 0) is 90.5 Å². The summed E-state index contributed by atoms with van der Waals surface area (Å²) >= 11 is 0. The van der Waals surface area contributed by atoms with E-state index in [0.29, 0.717) is 0 Å². The summed E-state index contributed by atoms with van der Waals surface area (Å²) in [4.78, 5) is 0. The molecular weight excluding hydrogens is 396 g/mol. The molecule has 2 aliphatic rings. The molecular formula is C33H46. The third kappa shape index (κ3) is 6.84. The highest BCUT2D eigenvalue weighted by molar-refractivity contribution is 5.71. The number of rotatable bonds is 10. The van der Waals surface area contributed by atoms with Gasteiger partial charge in [-0.25, -0.2) is 0 Å². The van der Waals surface area contributed by atoms with Gasteiger partial charge in [-0.3, -0.25) is 0 Å². The Balaban J connectivity index is 1.30. The molecule has 2 aromatic carbocycles. The molecule has 0 heterocycles. The summed E-state index contributed by atoms with van der Waals surface area (Å²) in [6.45, 7) is 4.62. The molecule has 0 bridgehead atoms. The van der Waals surface area contributed by atoms with E-state index in [9.17, 15) is 0 Å². The van der Waals surface area contributed by atoms with Crippen LogP contribution in [0.15, 0.2) is 54.6 Å². The lowest BCUT2D eigenvalue weighted by Gasteiger charge is -2.29. The largest absolute Gasteiger partial charge is 0.0804 e. The Hall–Kier alpha value is -1.82. The maximum atomic E-state index is 2.52. The molecule has 0 aromatic heterocycles. The molecule has 0 radical (unpaired) electrons. The van der Waals surface area contributed by atoms with Gasteiger partial charge in [-0.2, -0.15) is 0 Å². The molecule has 1 unspecified atom stereocenters. The molecule has 0 N–H and O–H groups in total. The lowest BCUT2D eigenvalue weighted by molar-refractivity contribution is 0.303. The van der Waals surface area contributed by atoms with Gasteiger partial charge in [0.2, 0.25) is 0 Å². The standard InChI is InChI=1S/C33H46/c1-3-5-7-9-27-12-16-29(17-13-27)31-20-24-33(25-21-31)32-22-18-30(19-23-32)28-14-10-26(11-15-28)8-6-4-2/h14,18-27,29H,3-13,15-17H2,1-2H3/t26?,27-,29-. The monoisotopic (exact) mass is 442 g/mol. The summed E-state index contributed by atoms with van der Waals surface area (Å²) in [5, 5.41) is 0. The number of hydrogen-bond donors (Lipinski definition) is 0. The van der Waals surface area contributed by atoms with E-state index >= 15 is 0 Å². The second-order valence-electron chi connectivity index (χ2n) is 10.9. The molecule has 4 rings (SSSR count). The van der Waals surface area contributed by atoms with Crippen molar-refractivity contribution in [1.29, 1.82) is 0 Å². The van der Waals surface area contributed by atoms with Gasteiger partial charge in [-0.1, -0.05) is 113 Å². The molecule has 2 aromatic rings. The SMILES string of the molecule is CCCCC[C@H]1CC[C@H](c2ccc(-c3ccc(C4=CCC(CCCC)CC4)cc3)cc2)CC1. The third-order valence-corrected chi connectivity index (χ3v) is 8.52. The Labute approximate surface area is 203 Å². The van der Waals surface area contributed by atoms with Crippen molar-refractivity contribution in [2.75, 3.05) is 0 Å². The zero-order chi connectivity index (χ0) is 22.9. The summed E-state index contributed by atoms with van der Waals surface area (Å²) in [5.74, 6) is 2.69. The average Bonchev–Trinajstić information content (AvgIpc) is 2.89. The van der Waals surface area contributed by atoms with E-state index in [0.717, 1.165) is 17.8 Å². The molecule has 2 aliphatic carbocycles. The van der Waals surface area contributed by atoms with Crippen molar-refractivity contribution < 1.29 is 0 Å². The van der Waals surface area contributed by atoms with Crippen LogP contribution in [0.25, 0.3) is 16.7 Å². The minimum atomic E-state index is 0.781. The van der Waals surface area contributed by atoms with Crippen LogP contribution in [-0.2, 0) is 0 Å². The Morgan fingerprint density at radius 1 is 0.606 bits per heavy atom. The Morgan fingerprint density at radius 2 is 1.21 bits per heavy atom. The van der Waals surface area contributed by atoms with E-state index < -0.39 is 0 Å². The molecule has 1 atom stereocenters. The average molecular weight is 443 g/mol. The van der Waals surface area contributed by atoms with Crippen molar-refractivity contribution in [3.8, 4) is 11.1 Å². The molecule has 0 aliphatic heterocycles.